The maximum absolute atomic E-state index is 12.4. The summed E-state index contributed by atoms with van der Waals surface area (Å²) in [5, 5.41) is 0. The van der Waals surface area contributed by atoms with Crippen molar-refractivity contribution in [3.63, 3.8) is 0 Å². The van der Waals surface area contributed by atoms with Gasteiger partial charge >= 0.3 is 0 Å². The molecule has 1 amide bonds. The molecule has 4 nitrogen and oxygen atoms in total. The molecule has 1 aromatic rings. The summed E-state index contributed by atoms with van der Waals surface area (Å²) in [5.74, 6) is 0.695. The number of amides is 1. The molecular weight excluding hydrogens is 375 g/mol. The molecule has 1 saturated heterocycles. The molecular formula is C19H29N3OY-2. The predicted molar refractivity (Wildman–Crippen MR) is 94.8 cm³/mol. The third-order valence-corrected chi connectivity index (χ3v) is 4.78. The van der Waals surface area contributed by atoms with Crippen molar-refractivity contribution in [2.45, 2.75) is 24.8 Å². The second-order valence-electron chi connectivity index (χ2n) is 6.57. The van der Waals surface area contributed by atoms with E-state index in [0.29, 0.717) is 12.5 Å². The Morgan fingerprint density at radius 2 is 1.83 bits per heavy atom. The van der Waals surface area contributed by atoms with Crippen molar-refractivity contribution in [2.75, 3.05) is 40.3 Å². The summed E-state index contributed by atoms with van der Waals surface area (Å²) in [6.45, 7) is 7.00. The number of likely N-dealkylation sites (N-methyl/N-ethyl adjacent to an activating group) is 1. The molecule has 0 aromatic heterocycles. The summed E-state index contributed by atoms with van der Waals surface area (Å²) in [4.78, 5) is 18.3. The van der Waals surface area contributed by atoms with Crippen molar-refractivity contribution in [3.8, 4) is 0 Å². The largest absolute Gasteiger partial charge is 0.520 e. The van der Waals surface area contributed by atoms with E-state index in [1.54, 1.807) is 0 Å². The Balaban J connectivity index is 0.00000288. The van der Waals surface area contributed by atoms with Crippen molar-refractivity contribution in [1.82, 2.24) is 14.7 Å². The van der Waals surface area contributed by atoms with Crippen LogP contribution in [0.1, 0.15) is 24.3 Å². The summed E-state index contributed by atoms with van der Waals surface area (Å²) >= 11 is 0. The molecule has 1 heterocycles. The number of piperidine rings is 1. The minimum Gasteiger partial charge on any atom is -0.520 e. The van der Waals surface area contributed by atoms with Crippen LogP contribution < -0.4 is 0 Å². The summed E-state index contributed by atoms with van der Waals surface area (Å²) in [6, 6.07) is 10.6. The molecule has 1 atom stereocenters. The zero-order valence-electron chi connectivity index (χ0n) is 15.0. The topological polar surface area (TPSA) is 26.8 Å². The van der Waals surface area contributed by atoms with E-state index < -0.39 is 0 Å². The molecule has 0 spiro atoms. The molecule has 0 N–H and O–H groups in total. The van der Waals surface area contributed by atoms with Gasteiger partial charge in [0.1, 0.15) is 0 Å². The van der Waals surface area contributed by atoms with Gasteiger partial charge in [0.2, 0.25) is 5.91 Å². The summed E-state index contributed by atoms with van der Waals surface area (Å²) in [5.41, 5.74) is 1.44. The molecule has 0 saturated carbocycles. The number of benzene rings is 1. The minimum atomic E-state index is -0.150. The summed E-state index contributed by atoms with van der Waals surface area (Å²) in [6.07, 6.45) is 2.31. The van der Waals surface area contributed by atoms with Crippen LogP contribution in [0.4, 0.5) is 0 Å². The van der Waals surface area contributed by atoms with Gasteiger partial charge in [0.25, 0.3) is 0 Å². The van der Waals surface area contributed by atoms with Gasteiger partial charge in [-0.05, 0) is 51.5 Å². The van der Waals surface area contributed by atoms with Gasteiger partial charge in [-0.2, -0.15) is 0 Å². The fraction of sp³-hybridized carbons (Fsp3) is 0.526. The van der Waals surface area contributed by atoms with Gasteiger partial charge in [-0.3, -0.25) is 16.7 Å². The first-order chi connectivity index (χ1) is 11.0. The molecule has 0 aliphatic carbocycles. The Kier molecular flexibility index (Phi) is 9.65. The average Bonchev–Trinajstić information content (AvgIpc) is 2.59. The number of hydrogen-bond acceptors (Lipinski definition) is 3. The van der Waals surface area contributed by atoms with Gasteiger partial charge in [-0.15, -0.1) is 6.54 Å². The molecule has 0 unspecified atom stereocenters. The fourth-order valence-electron chi connectivity index (χ4n) is 3.20. The number of hydrogen-bond donors (Lipinski definition) is 0. The number of carbonyl (C=O) groups is 1. The third-order valence-electron chi connectivity index (χ3n) is 4.78. The van der Waals surface area contributed by atoms with Crippen molar-refractivity contribution >= 4 is 5.91 Å². The second-order valence-corrected chi connectivity index (χ2v) is 6.57. The number of nitrogens with zero attached hydrogens (tertiary/aromatic N) is 3. The van der Waals surface area contributed by atoms with E-state index in [0.717, 1.165) is 32.5 Å². The second kappa shape index (κ2) is 10.6. The first-order valence-corrected chi connectivity index (χ1v) is 8.37. The maximum atomic E-state index is 12.4. The van der Waals surface area contributed by atoms with Crippen molar-refractivity contribution in [2.24, 2.45) is 0 Å². The van der Waals surface area contributed by atoms with E-state index in [9.17, 15) is 4.79 Å². The molecule has 1 aromatic carbocycles. The van der Waals surface area contributed by atoms with Gasteiger partial charge in [0.15, 0.2) is 0 Å². The summed E-state index contributed by atoms with van der Waals surface area (Å²) < 4.78 is 0. The molecule has 1 aliphatic rings. The SMILES string of the molecule is [CH2-]CN([CH2-])C(=O)[C@H](CN1CCC(c2ccccc2)CC1)N(C)C.[Y]. The predicted octanol–water partition coefficient (Wildman–Crippen LogP) is 2.25. The fourth-order valence-corrected chi connectivity index (χ4v) is 3.20. The van der Waals surface area contributed by atoms with E-state index in [1.165, 1.54) is 10.5 Å². The van der Waals surface area contributed by atoms with Crippen molar-refractivity contribution < 1.29 is 37.5 Å². The Morgan fingerprint density at radius 3 is 2.33 bits per heavy atom. The van der Waals surface area contributed by atoms with Gasteiger partial charge in [-0.25, -0.2) is 0 Å². The van der Waals surface area contributed by atoms with Crippen LogP contribution >= 0.6 is 0 Å². The van der Waals surface area contributed by atoms with Gasteiger partial charge < -0.3 is 16.7 Å². The Morgan fingerprint density at radius 1 is 1.25 bits per heavy atom. The van der Waals surface area contributed by atoms with Gasteiger partial charge in [-0.1, -0.05) is 30.3 Å². The average molecular weight is 404 g/mol. The normalized spacial score (nSPS) is 17.4. The third kappa shape index (κ3) is 5.91. The molecule has 131 valence electrons. The van der Waals surface area contributed by atoms with E-state index in [1.807, 2.05) is 19.0 Å². The van der Waals surface area contributed by atoms with Crippen LogP contribution in [0.5, 0.6) is 0 Å². The van der Waals surface area contributed by atoms with Crippen LogP contribution in [0.3, 0.4) is 0 Å². The van der Waals surface area contributed by atoms with Crippen LogP contribution in [-0.4, -0.2) is 66.9 Å². The van der Waals surface area contributed by atoms with E-state index >= 15 is 0 Å². The first kappa shape index (κ1) is 21.8. The number of likely N-dealkylation sites (tertiary alicyclic amines) is 1. The Labute approximate surface area is 172 Å². The molecule has 1 fully saturated rings. The Hall–Kier alpha value is -0.286. The molecule has 1 radical (unpaired) electrons. The smallest absolute Gasteiger partial charge is 0.210 e. The van der Waals surface area contributed by atoms with Crippen LogP contribution in [0.25, 0.3) is 0 Å². The van der Waals surface area contributed by atoms with Crippen LogP contribution in [0, 0.1) is 14.0 Å². The van der Waals surface area contributed by atoms with Crippen LogP contribution in [-0.2, 0) is 37.5 Å². The molecule has 2 rings (SSSR count). The van der Waals surface area contributed by atoms with Gasteiger partial charge in [0, 0.05) is 39.3 Å². The van der Waals surface area contributed by atoms with E-state index in [-0.39, 0.29) is 44.7 Å². The summed E-state index contributed by atoms with van der Waals surface area (Å²) in [7, 11) is 7.69. The molecule has 1 aliphatic heterocycles. The van der Waals surface area contributed by atoms with Crippen molar-refractivity contribution in [1.29, 1.82) is 0 Å². The van der Waals surface area contributed by atoms with E-state index in [4.69, 9.17) is 0 Å². The standard InChI is InChI=1S/C19H29N3O.Y/c1-5-21(4)19(23)18(20(2)3)15-22-13-11-17(12-14-22)16-9-7-6-8-10-16;/h6-10,17-18H,1,4-5,11-15H2,2-3H3;/q-2;/t18-;/m0./s1. The van der Waals surface area contributed by atoms with Crippen LogP contribution in [0.2, 0.25) is 0 Å². The molecule has 24 heavy (non-hydrogen) atoms. The molecule has 5 heteroatoms. The minimum absolute atomic E-state index is 0. The molecule has 0 bridgehead atoms. The quantitative estimate of drug-likeness (QED) is 0.681. The van der Waals surface area contributed by atoms with Crippen LogP contribution in [0.15, 0.2) is 30.3 Å². The van der Waals surface area contributed by atoms with E-state index in [2.05, 4.69) is 49.2 Å². The van der Waals surface area contributed by atoms with Gasteiger partial charge in [0.05, 0.1) is 6.04 Å². The monoisotopic (exact) mass is 404 g/mol. The van der Waals surface area contributed by atoms with Crippen molar-refractivity contribution in [3.05, 3.63) is 49.9 Å². The zero-order chi connectivity index (χ0) is 16.8. The number of carbonyl (C=O) groups excluding carboxylic acids is 1. The maximum Gasteiger partial charge on any atom is 0.210 e. The first-order valence-electron chi connectivity index (χ1n) is 8.37. The zero-order valence-corrected chi connectivity index (χ0v) is 17.9. The number of rotatable bonds is 6. The Bertz CT molecular complexity index is 487.